The fraction of sp³-hybridized carbons (Fsp3) is 0.556. The normalized spacial score (nSPS) is 27.7. The van der Waals surface area contributed by atoms with Gasteiger partial charge in [0, 0.05) is 32.2 Å². The fourth-order valence-electron chi connectivity index (χ4n) is 4.55. The summed E-state index contributed by atoms with van der Waals surface area (Å²) in [5.41, 5.74) is 1.10. The summed E-state index contributed by atoms with van der Waals surface area (Å²) in [4.78, 5) is 9.26. The minimum Gasteiger partial charge on any atom is -0.299 e. The molecule has 0 aliphatic carbocycles. The third-order valence-electron chi connectivity index (χ3n) is 5.52. The number of fused-ring (bicyclic) bond motifs is 1. The molecule has 0 radical (unpaired) electrons. The number of hydrogen-bond donors (Lipinski definition) is 0. The van der Waals surface area contributed by atoms with Crippen LogP contribution >= 0.6 is 0 Å². The molecule has 2 saturated heterocycles. The molecule has 2 aromatic rings. The monoisotopic (exact) mass is 329 g/mol. The smallest absolute Gasteiger partial charge is 0.140 e. The van der Waals surface area contributed by atoms with E-state index in [2.05, 4.69) is 39.9 Å². The molecule has 24 heavy (non-hydrogen) atoms. The second kappa shape index (κ2) is 6.26. The van der Waals surface area contributed by atoms with Gasteiger partial charge in [-0.1, -0.05) is 12.1 Å². The number of nitrogens with zero attached hydrogens (tertiary/aromatic N) is 5. The van der Waals surface area contributed by atoms with Gasteiger partial charge in [0.05, 0.1) is 6.54 Å². The number of halogens is 1. The van der Waals surface area contributed by atoms with Crippen molar-refractivity contribution in [1.29, 1.82) is 0 Å². The van der Waals surface area contributed by atoms with Gasteiger partial charge in [0.2, 0.25) is 0 Å². The van der Waals surface area contributed by atoms with Crippen LogP contribution in [0.4, 0.5) is 4.39 Å². The van der Waals surface area contributed by atoms with Crippen LogP contribution in [0.15, 0.2) is 30.6 Å². The van der Waals surface area contributed by atoms with Gasteiger partial charge in [-0.15, -0.1) is 0 Å². The van der Waals surface area contributed by atoms with Gasteiger partial charge < -0.3 is 0 Å². The molecule has 3 atom stereocenters. The standard InChI is InChI=1S/C18H24FN5/c1-3-24-17(20-12-21-24)11-23-9-14-8-22(2)18(16(14)10-23)13-5-4-6-15(19)7-13/h4-7,12,14,16,18H,3,8-11H2,1-2H3/t14-,16+,18-/m0/s1. The Bertz CT molecular complexity index is 715. The summed E-state index contributed by atoms with van der Waals surface area (Å²) < 4.78 is 15.6. The maximum Gasteiger partial charge on any atom is 0.140 e. The number of likely N-dealkylation sites (tertiary alicyclic amines) is 2. The third kappa shape index (κ3) is 2.74. The highest BCUT2D eigenvalue weighted by Gasteiger charge is 2.46. The molecule has 5 nitrogen and oxygen atoms in total. The number of benzene rings is 1. The van der Waals surface area contributed by atoms with Crippen LogP contribution < -0.4 is 0 Å². The van der Waals surface area contributed by atoms with Crippen molar-refractivity contribution in [2.24, 2.45) is 11.8 Å². The molecule has 0 bridgehead atoms. The number of aromatic nitrogens is 3. The van der Waals surface area contributed by atoms with Crippen LogP contribution in [0.1, 0.15) is 24.4 Å². The Morgan fingerprint density at radius 2 is 2.12 bits per heavy atom. The Hall–Kier alpha value is -1.79. The summed E-state index contributed by atoms with van der Waals surface area (Å²) in [5.74, 6) is 2.08. The van der Waals surface area contributed by atoms with Crippen molar-refractivity contribution in [2.75, 3.05) is 26.7 Å². The van der Waals surface area contributed by atoms with Crippen molar-refractivity contribution in [3.05, 3.63) is 47.8 Å². The first-order valence-corrected chi connectivity index (χ1v) is 8.70. The summed E-state index contributed by atoms with van der Waals surface area (Å²) in [6.45, 7) is 6.98. The first-order chi connectivity index (χ1) is 11.7. The Labute approximate surface area is 142 Å². The average Bonchev–Trinajstić information content (AvgIpc) is 3.21. The predicted octanol–water partition coefficient (Wildman–Crippen LogP) is 2.17. The van der Waals surface area contributed by atoms with Gasteiger partial charge in [-0.3, -0.25) is 9.80 Å². The summed E-state index contributed by atoms with van der Waals surface area (Å²) >= 11 is 0. The van der Waals surface area contributed by atoms with Crippen LogP contribution in [0.3, 0.4) is 0 Å². The second-order valence-corrected chi connectivity index (χ2v) is 7.05. The van der Waals surface area contributed by atoms with Gasteiger partial charge in [-0.2, -0.15) is 5.10 Å². The van der Waals surface area contributed by atoms with Gasteiger partial charge in [0.1, 0.15) is 18.0 Å². The van der Waals surface area contributed by atoms with Gasteiger partial charge in [-0.25, -0.2) is 14.1 Å². The molecule has 2 aliphatic rings. The van der Waals surface area contributed by atoms with Crippen LogP contribution in [-0.2, 0) is 13.1 Å². The van der Waals surface area contributed by atoms with Crippen LogP contribution in [0.2, 0.25) is 0 Å². The molecule has 0 unspecified atom stereocenters. The maximum absolute atomic E-state index is 13.7. The SMILES string of the molecule is CCn1ncnc1CN1C[C@@H]2CN(C)[C@@H](c3cccc(F)c3)[C@@H]2C1. The maximum atomic E-state index is 13.7. The molecule has 0 spiro atoms. The first kappa shape index (κ1) is 15.7. The molecule has 4 rings (SSSR count). The van der Waals surface area contributed by atoms with E-state index in [1.165, 1.54) is 6.07 Å². The lowest BCUT2D eigenvalue weighted by atomic mass is 9.89. The predicted molar refractivity (Wildman–Crippen MR) is 89.7 cm³/mol. The highest BCUT2D eigenvalue weighted by atomic mass is 19.1. The topological polar surface area (TPSA) is 37.2 Å². The molecule has 2 fully saturated rings. The molecule has 0 N–H and O–H groups in total. The third-order valence-corrected chi connectivity index (χ3v) is 5.52. The highest BCUT2D eigenvalue weighted by Crippen LogP contribution is 2.44. The van der Waals surface area contributed by atoms with Crippen molar-refractivity contribution in [1.82, 2.24) is 24.6 Å². The van der Waals surface area contributed by atoms with Crippen molar-refractivity contribution < 1.29 is 4.39 Å². The highest BCUT2D eigenvalue weighted by molar-refractivity contribution is 5.23. The minimum atomic E-state index is -0.143. The lowest BCUT2D eigenvalue weighted by molar-refractivity contribution is 0.220. The molecule has 2 aliphatic heterocycles. The molecule has 1 aromatic carbocycles. The quantitative estimate of drug-likeness (QED) is 0.861. The van der Waals surface area contributed by atoms with Gasteiger partial charge >= 0.3 is 0 Å². The average molecular weight is 329 g/mol. The lowest BCUT2D eigenvalue weighted by Crippen LogP contribution is -2.29. The van der Waals surface area contributed by atoms with Gasteiger partial charge in [-0.05, 0) is 43.5 Å². The molecule has 0 saturated carbocycles. The molecular weight excluding hydrogens is 305 g/mol. The van der Waals surface area contributed by atoms with Crippen molar-refractivity contribution in [2.45, 2.75) is 26.1 Å². The number of rotatable bonds is 4. The van der Waals surface area contributed by atoms with E-state index in [1.807, 2.05) is 10.7 Å². The fourth-order valence-corrected chi connectivity index (χ4v) is 4.55. The summed E-state index contributed by atoms with van der Waals surface area (Å²) in [6.07, 6.45) is 1.64. The zero-order valence-electron chi connectivity index (χ0n) is 14.3. The zero-order valence-corrected chi connectivity index (χ0v) is 14.3. The first-order valence-electron chi connectivity index (χ1n) is 8.70. The van der Waals surface area contributed by atoms with E-state index in [-0.39, 0.29) is 5.82 Å². The number of hydrogen-bond acceptors (Lipinski definition) is 4. The van der Waals surface area contributed by atoms with Crippen molar-refractivity contribution in [3.63, 3.8) is 0 Å². The van der Waals surface area contributed by atoms with E-state index in [1.54, 1.807) is 12.4 Å². The Balaban J connectivity index is 1.51. The van der Waals surface area contributed by atoms with Crippen LogP contribution in [0.25, 0.3) is 0 Å². The van der Waals surface area contributed by atoms with E-state index < -0.39 is 0 Å². The molecule has 128 valence electrons. The van der Waals surface area contributed by atoms with E-state index in [0.717, 1.165) is 44.1 Å². The van der Waals surface area contributed by atoms with Gasteiger partial charge in [0.15, 0.2) is 0 Å². The van der Waals surface area contributed by atoms with Crippen molar-refractivity contribution in [3.8, 4) is 0 Å². The van der Waals surface area contributed by atoms with E-state index in [9.17, 15) is 4.39 Å². The van der Waals surface area contributed by atoms with Crippen molar-refractivity contribution >= 4 is 0 Å². The summed E-state index contributed by atoms with van der Waals surface area (Å²) in [7, 11) is 2.16. The molecule has 3 heterocycles. The summed E-state index contributed by atoms with van der Waals surface area (Å²) in [5, 5.41) is 4.26. The molecule has 0 amide bonds. The summed E-state index contributed by atoms with van der Waals surface area (Å²) in [6, 6.07) is 7.40. The number of aryl methyl sites for hydroxylation is 1. The largest absolute Gasteiger partial charge is 0.299 e. The van der Waals surface area contributed by atoms with Crippen LogP contribution in [0, 0.1) is 17.7 Å². The van der Waals surface area contributed by atoms with Crippen LogP contribution in [-0.4, -0.2) is 51.2 Å². The Morgan fingerprint density at radius 3 is 2.92 bits per heavy atom. The minimum absolute atomic E-state index is 0.143. The Kier molecular flexibility index (Phi) is 4.10. The second-order valence-electron chi connectivity index (χ2n) is 7.05. The van der Waals surface area contributed by atoms with Gasteiger partial charge in [0.25, 0.3) is 0 Å². The van der Waals surface area contributed by atoms with E-state index in [0.29, 0.717) is 17.9 Å². The zero-order chi connectivity index (χ0) is 16.7. The van der Waals surface area contributed by atoms with E-state index in [4.69, 9.17) is 0 Å². The molecule has 1 aromatic heterocycles. The Morgan fingerprint density at radius 1 is 1.25 bits per heavy atom. The van der Waals surface area contributed by atoms with Crippen LogP contribution in [0.5, 0.6) is 0 Å². The molecule has 6 heteroatoms. The van der Waals surface area contributed by atoms with E-state index >= 15 is 0 Å². The lowest BCUT2D eigenvalue weighted by Gasteiger charge is -2.26. The molecular formula is C18H24FN5.